The Morgan fingerprint density at radius 1 is 1.00 bits per heavy atom. The summed E-state index contributed by atoms with van der Waals surface area (Å²) in [5.74, 6) is -0.398. The minimum absolute atomic E-state index is 0.0683. The Labute approximate surface area is 156 Å². The van der Waals surface area contributed by atoms with Crippen LogP contribution in [0.1, 0.15) is 25.3 Å². The van der Waals surface area contributed by atoms with E-state index in [0.717, 1.165) is 0 Å². The molecule has 1 N–H and O–H groups in total. The SMILES string of the molecule is COC(=O)C1=C(C)NC(C)=C(C(=O)OC)C1c1cc(OC)c2c(c1)OCO2. The Morgan fingerprint density at radius 2 is 1.59 bits per heavy atom. The van der Waals surface area contributed by atoms with Gasteiger partial charge in [0.1, 0.15) is 0 Å². The molecule has 1 aromatic rings. The fourth-order valence-electron chi connectivity index (χ4n) is 3.40. The van der Waals surface area contributed by atoms with E-state index in [2.05, 4.69) is 5.32 Å². The van der Waals surface area contributed by atoms with Crippen LogP contribution in [0.5, 0.6) is 17.2 Å². The van der Waals surface area contributed by atoms with E-state index in [0.29, 0.717) is 45.4 Å². The van der Waals surface area contributed by atoms with Crippen molar-refractivity contribution >= 4 is 11.9 Å². The Balaban J connectivity index is 2.24. The predicted molar refractivity (Wildman–Crippen MR) is 94.4 cm³/mol. The maximum atomic E-state index is 12.5. The second kappa shape index (κ2) is 7.22. The van der Waals surface area contributed by atoms with E-state index in [4.69, 9.17) is 23.7 Å². The van der Waals surface area contributed by atoms with Gasteiger partial charge >= 0.3 is 11.9 Å². The second-order valence-corrected chi connectivity index (χ2v) is 6.08. The van der Waals surface area contributed by atoms with Crippen molar-refractivity contribution in [3.8, 4) is 17.2 Å². The third-order valence-electron chi connectivity index (χ3n) is 4.59. The van der Waals surface area contributed by atoms with Gasteiger partial charge < -0.3 is 29.0 Å². The number of nitrogens with one attached hydrogen (secondary N) is 1. The molecule has 2 heterocycles. The lowest BCUT2D eigenvalue weighted by atomic mass is 9.80. The van der Waals surface area contributed by atoms with Crippen molar-refractivity contribution in [1.29, 1.82) is 0 Å². The normalized spacial score (nSPS) is 16.2. The average Bonchev–Trinajstić information content (AvgIpc) is 3.14. The summed E-state index contributed by atoms with van der Waals surface area (Å²) in [5, 5.41) is 3.06. The van der Waals surface area contributed by atoms with Crippen LogP contribution >= 0.6 is 0 Å². The average molecular weight is 375 g/mol. The van der Waals surface area contributed by atoms with Crippen LogP contribution < -0.4 is 19.5 Å². The van der Waals surface area contributed by atoms with Crippen LogP contribution in [-0.4, -0.2) is 40.1 Å². The zero-order valence-electron chi connectivity index (χ0n) is 15.8. The first-order chi connectivity index (χ1) is 12.9. The molecular formula is C19H21NO7. The number of carbonyl (C=O) groups is 2. The Kier molecular flexibility index (Phi) is 4.98. The maximum Gasteiger partial charge on any atom is 0.336 e. The molecule has 3 rings (SSSR count). The summed E-state index contributed by atoms with van der Waals surface area (Å²) in [6.07, 6.45) is 0. The Morgan fingerprint density at radius 3 is 2.11 bits per heavy atom. The van der Waals surface area contributed by atoms with Crippen molar-refractivity contribution < 1.29 is 33.3 Å². The third-order valence-corrected chi connectivity index (χ3v) is 4.59. The molecule has 0 spiro atoms. The molecule has 1 aromatic carbocycles. The van der Waals surface area contributed by atoms with Crippen LogP contribution in [0.15, 0.2) is 34.7 Å². The van der Waals surface area contributed by atoms with Gasteiger partial charge in [0.25, 0.3) is 0 Å². The fraction of sp³-hybridized carbons (Fsp3) is 0.368. The molecule has 0 saturated carbocycles. The van der Waals surface area contributed by atoms with Gasteiger partial charge in [-0.05, 0) is 31.5 Å². The fourth-order valence-corrected chi connectivity index (χ4v) is 3.40. The summed E-state index contributed by atoms with van der Waals surface area (Å²) in [6, 6.07) is 3.45. The largest absolute Gasteiger partial charge is 0.493 e. The van der Waals surface area contributed by atoms with E-state index in [-0.39, 0.29) is 6.79 Å². The number of allylic oxidation sites excluding steroid dienone is 2. The van der Waals surface area contributed by atoms with Gasteiger partial charge in [0.15, 0.2) is 11.5 Å². The molecule has 0 unspecified atom stereocenters. The molecular weight excluding hydrogens is 354 g/mol. The highest BCUT2D eigenvalue weighted by molar-refractivity contribution is 5.99. The van der Waals surface area contributed by atoms with Crippen LogP contribution in [0, 0.1) is 0 Å². The van der Waals surface area contributed by atoms with E-state index in [1.807, 2.05) is 0 Å². The standard InChI is InChI=1S/C19H21NO7/c1-9-14(18(21)24-4)16(15(10(2)20-9)19(22)25-5)11-6-12(23-3)17-13(7-11)26-8-27-17/h6-7,16,20H,8H2,1-5H3. The van der Waals surface area contributed by atoms with E-state index >= 15 is 0 Å². The number of hydrogen-bond acceptors (Lipinski definition) is 8. The zero-order valence-corrected chi connectivity index (χ0v) is 15.8. The van der Waals surface area contributed by atoms with Gasteiger partial charge in [-0.1, -0.05) is 0 Å². The van der Waals surface area contributed by atoms with E-state index in [1.54, 1.807) is 26.0 Å². The molecule has 2 aliphatic rings. The molecule has 0 saturated heterocycles. The van der Waals surface area contributed by atoms with Gasteiger partial charge in [0.2, 0.25) is 12.5 Å². The summed E-state index contributed by atoms with van der Waals surface area (Å²) in [7, 11) is 4.10. The minimum Gasteiger partial charge on any atom is -0.493 e. The Bertz CT molecular complexity index is 831. The number of dihydropyridines is 1. The summed E-state index contributed by atoms with van der Waals surface area (Å²) < 4.78 is 26.2. The highest BCUT2D eigenvalue weighted by Gasteiger charge is 2.38. The van der Waals surface area contributed by atoms with Crippen LogP contribution in [-0.2, 0) is 19.1 Å². The molecule has 0 atom stereocenters. The molecule has 8 nitrogen and oxygen atoms in total. The quantitative estimate of drug-likeness (QED) is 0.799. The van der Waals surface area contributed by atoms with Crippen molar-refractivity contribution in [2.24, 2.45) is 0 Å². The number of methoxy groups -OCH3 is 3. The smallest absolute Gasteiger partial charge is 0.336 e. The van der Waals surface area contributed by atoms with Crippen molar-refractivity contribution in [2.45, 2.75) is 19.8 Å². The van der Waals surface area contributed by atoms with Crippen molar-refractivity contribution in [3.63, 3.8) is 0 Å². The van der Waals surface area contributed by atoms with Gasteiger partial charge in [-0.2, -0.15) is 0 Å². The first kappa shape index (κ1) is 18.6. The van der Waals surface area contributed by atoms with Crippen LogP contribution in [0.2, 0.25) is 0 Å². The lowest BCUT2D eigenvalue weighted by Gasteiger charge is -2.30. The number of fused-ring (bicyclic) bond motifs is 1. The predicted octanol–water partition coefficient (Wildman–Crippen LogP) is 2.00. The summed E-state index contributed by atoms with van der Waals surface area (Å²) in [6.45, 7) is 3.57. The second-order valence-electron chi connectivity index (χ2n) is 6.08. The number of ether oxygens (including phenoxy) is 5. The molecule has 27 heavy (non-hydrogen) atoms. The van der Waals surface area contributed by atoms with E-state index in [9.17, 15) is 9.59 Å². The Hall–Kier alpha value is -3.16. The molecule has 8 heteroatoms. The molecule has 2 aliphatic heterocycles. The minimum atomic E-state index is -0.713. The van der Waals surface area contributed by atoms with Gasteiger partial charge in [-0.25, -0.2) is 9.59 Å². The number of benzene rings is 1. The first-order valence-corrected chi connectivity index (χ1v) is 8.25. The monoisotopic (exact) mass is 375 g/mol. The van der Waals surface area contributed by atoms with Gasteiger partial charge in [-0.15, -0.1) is 0 Å². The number of carbonyl (C=O) groups excluding carboxylic acids is 2. The third kappa shape index (κ3) is 3.07. The summed E-state index contributed by atoms with van der Waals surface area (Å²) in [5.41, 5.74) is 2.42. The molecule has 0 bridgehead atoms. The summed E-state index contributed by atoms with van der Waals surface area (Å²) >= 11 is 0. The molecule has 0 fully saturated rings. The molecule has 0 radical (unpaired) electrons. The number of rotatable bonds is 4. The van der Waals surface area contributed by atoms with Gasteiger partial charge in [0.05, 0.1) is 38.4 Å². The van der Waals surface area contributed by atoms with Crippen LogP contribution in [0.25, 0.3) is 0 Å². The zero-order chi connectivity index (χ0) is 19.7. The highest BCUT2D eigenvalue weighted by atomic mass is 16.7. The van der Waals surface area contributed by atoms with Crippen molar-refractivity contribution in [1.82, 2.24) is 5.32 Å². The molecule has 0 aromatic heterocycles. The highest BCUT2D eigenvalue weighted by Crippen LogP contribution is 2.47. The first-order valence-electron chi connectivity index (χ1n) is 8.25. The van der Waals surface area contributed by atoms with Crippen molar-refractivity contribution in [2.75, 3.05) is 28.1 Å². The number of esters is 2. The molecule has 0 aliphatic carbocycles. The van der Waals surface area contributed by atoms with Gasteiger partial charge in [0, 0.05) is 11.4 Å². The number of hydrogen-bond donors (Lipinski definition) is 1. The molecule has 144 valence electrons. The van der Waals surface area contributed by atoms with E-state index < -0.39 is 17.9 Å². The van der Waals surface area contributed by atoms with Crippen molar-refractivity contribution in [3.05, 3.63) is 40.2 Å². The van der Waals surface area contributed by atoms with Crippen LogP contribution in [0.3, 0.4) is 0 Å². The lowest BCUT2D eigenvalue weighted by Crippen LogP contribution is -2.32. The van der Waals surface area contributed by atoms with Gasteiger partial charge in [-0.3, -0.25) is 0 Å². The maximum absolute atomic E-state index is 12.5. The lowest BCUT2D eigenvalue weighted by molar-refractivity contribution is -0.137. The summed E-state index contributed by atoms with van der Waals surface area (Å²) in [4.78, 5) is 25.1. The van der Waals surface area contributed by atoms with Crippen LogP contribution in [0.4, 0.5) is 0 Å². The topological polar surface area (TPSA) is 92.3 Å². The molecule has 0 amide bonds. The van der Waals surface area contributed by atoms with E-state index in [1.165, 1.54) is 21.3 Å².